The van der Waals surface area contributed by atoms with Crippen LogP contribution in [-0.2, 0) is 0 Å². The smallest absolute Gasteiger partial charge is 0.0443 e. The molecule has 2 atom stereocenters. The summed E-state index contributed by atoms with van der Waals surface area (Å²) in [6.45, 7) is 5.69. The second kappa shape index (κ2) is 7.20. The first-order valence-electron chi connectivity index (χ1n) is 6.36. The molecule has 0 heterocycles. The third-order valence-electron chi connectivity index (χ3n) is 3.54. The summed E-state index contributed by atoms with van der Waals surface area (Å²) in [7, 11) is 0. The van der Waals surface area contributed by atoms with Crippen LogP contribution in [0.2, 0.25) is 0 Å². The van der Waals surface area contributed by atoms with Crippen molar-refractivity contribution in [3.05, 3.63) is 0 Å². The van der Waals surface area contributed by atoms with E-state index in [0.29, 0.717) is 18.6 Å². The lowest BCUT2D eigenvalue weighted by molar-refractivity contribution is 0.175. The normalized spacial score (nSPS) is 27.2. The lowest BCUT2D eigenvalue weighted by Crippen LogP contribution is -2.41. The Morgan fingerprint density at radius 3 is 2.67 bits per heavy atom. The van der Waals surface area contributed by atoms with Crippen molar-refractivity contribution in [1.82, 2.24) is 4.90 Å². The maximum absolute atomic E-state index is 8.82. The van der Waals surface area contributed by atoms with Gasteiger partial charge in [-0.25, -0.2) is 0 Å². The molecule has 2 unspecified atom stereocenters. The van der Waals surface area contributed by atoms with E-state index in [-0.39, 0.29) is 0 Å². The fourth-order valence-electron chi connectivity index (χ4n) is 2.47. The zero-order valence-corrected chi connectivity index (χ0v) is 9.99. The van der Waals surface area contributed by atoms with Gasteiger partial charge in [-0.2, -0.15) is 0 Å². The molecule has 0 aromatic carbocycles. The van der Waals surface area contributed by atoms with E-state index in [2.05, 4.69) is 11.8 Å². The van der Waals surface area contributed by atoms with Crippen LogP contribution in [-0.4, -0.2) is 42.3 Å². The van der Waals surface area contributed by atoms with E-state index in [1.165, 1.54) is 25.7 Å². The molecule has 0 aromatic heterocycles. The Balaban J connectivity index is 2.29. The molecule has 0 spiro atoms. The van der Waals surface area contributed by atoms with E-state index in [1.807, 2.05) is 0 Å². The first-order valence-corrected chi connectivity index (χ1v) is 6.36. The molecule has 1 aliphatic carbocycles. The van der Waals surface area contributed by atoms with E-state index in [9.17, 15) is 0 Å². The van der Waals surface area contributed by atoms with Crippen LogP contribution in [0.4, 0.5) is 0 Å². The summed E-state index contributed by atoms with van der Waals surface area (Å²) in [6.07, 6.45) is 6.02. The van der Waals surface area contributed by atoms with E-state index < -0.39 is 0 Å². The van der Waals surface area contributed by atoms with Gasteiger partial charge in [-0.3, -0.25) is 0 Å². The maximum Gasteiger partial charge on any atom is 0.0443 e. The third kappa shape index (κ3) is 4.49. The molecule has 1 rings (SSSR count). The maximum atomic E-state index is 8.82. The van der Waals surface area contributed by atoms with Crippen LogP contribution < -0.4 is 5.73 Å². The van der Waals surface area contributed by atoms with Gasteiger partial charge >= 0.3 is 0 Å². The van der Waals surface area contributed by atoms with Crippen molar-refractivity contribution in [2.45, 2.75) is 45.1 Å². The molecule has 1 saturated carbocycles. The van der Waals surface area contributed by atoms with E-state index >= 15 is 0 Å². The van der Waals surface area contributed by atoms with Crippen molar-refractivity contribution < 1.29 is 5.11 Å². The predicted molar refractivity (Wildman–Crippen MR) is 63.8 cm³/mol. The third-order valence-corrected chi connectivity index (χ3v) is 3.54. The molecule has 15 heavy (non-hydrogen) atoms. The highest BCUT2D eigenvalue weighted by molar-refractivity contribution is 4.80. The van der Waals surface area contributed by atoms with E-state index in [0.717, 1.165) is 26.1 Å². The number of nitrogens with two attached hydrogens (primary N) is 1. The number of rotatable bonds is 6. The molecule has 0 bridgehead atoms. The molecule has 1 fully saturated rings. The van der Waals surface area contributed by atoms with Gasteiger partial charge in [-0.15, -0.1) is 0 Å². The summed E-state index contributed by atoms with van der Waals surface area (Å²) in [5.41, 5.74) is 6.13. The van der Waals surface area contributed by atoms with Gasteiger partial charge in [0.15, 0.2) is 0 Å². The molecule has 1 aliphatic rings. The summed E-state index contributed by atoms with van der Waals surface area (Å²) in [6, 6.07) is 0.405. The highest BCUT2D eigenvalue weighted by Crippen LogP contribution is 2.23. The van der Waals surface area contributed by atoms with Crippen LogP contribution in [0.1, 0.15) is 39.0 Å². The SMILES string of the molecule is CCN(CCCO)CC1CCCCC1N. The Morgan fingerprint density at radius 2 is 2.07 bits per heavy atom. The molecule has 0 radical (unpaired) electrons. The van der Waals surface area contributed by atoms with Crippen LogP contribution in [0.3, 0.4) is 0 Å². The molecule has 90 valence electrons. The lowest BCUT2D eigenvalue weighted by Gasteiger charge is -2.33. The number of hydrogen-bond donors (Lipinski definition) is 2. The van der Waals surface area contributed by atoms with Gasteiger partial charge in [-0.05, 0) is 31.7 Å². The number of hydrogen-bond acceptors (Lipinski definition) is 3. The van der Waals surface area contributed by atoms with Crippen LogP contribution >= 0.6 is 0 Å². The second-order valence-electron chi connectivity index (χ2n) is 4.68. The minimum absolute atomic E-state index is 0.299. The van der Waals surface area contributed by atoms with E-state index in [4.69, 9.17) is 10.8 Å². The van der Waals surface area contributed by atoms with Gasteiger partial charge in [-0.1, -0.05) is 19.8 Å². The number of aliphatic hydroxyl groups is 1. The molecular weight excluding hydrogens is 188 g/mol. The molecule has 0 aliphatic heterocycles. The Kier molecular flexibility index (Phi) is 6.22. The zero-order valence-electron chi connectivity index (χ0n) is 9.99. The summed E-state index contributed by atoms with van der Waals surface area (Å²) in [5.74, 6) is 0.678. The largest absolute Gasteiger partial charge is 0.396 e. The van der Waals surface area contributed by atoms with Crippen molar-refractivity contribution >= 4 is 0 Å². The minimum Gasteiger partial charge on any atom is -0.396 e. The summed E-state index contributed by atoms with van der Waals surface area (Å²) >= 11 is 0. The molecule has 3 N–H and O–H groups in total. The van der Waals surface area contributed by atoms with Crippen LogP contribution in [0.15, 0.2) is 0 Å². The summed E-state index contributed by atoms with van der Waals surface area (Å²) in [4.78, 5) is 2.42. The molecule has 0 amide bonds. The Morgan fingerprint density at radius 1 is 1.33 bits per heavy atom. The van der Waals surface area contributed by atoms with Gasteiger partial charge in [0, 0.05) is 25.7 Å². The minimum atomic E-state index is 0.299. The number of nitrogens with zero attached hydrogens (tertiary/aromatic N) is 1. The van der Waals surface area contributed by atoms with Gasteiger partial charge in [0.05, 0.1) is 0 Å². The molecule has 3 heteroatoms. The van der Waals surface area contributed by atoms with Gasteiger partial charge in [0.25, 0.3) is 0 Å². The second-order valence-corrected chi connectivity index (χ2v) is 4.68. The fraction of sp³-hybridized carbons (Fsp3) is 1.00. The molecule has 0 saturated heterocycles. The van der Waals surface area contributed by atoms with Gasteiger partial charge < -0.3 is 15.7 Å². The highest BCUT2D eigenvalue weighted by Gasteiger charge is 2.23. The van der Waals surface area contributed by atoms with Crippen molar-refractivity contribution in [2.24, 2.45) is 11.7 Å². The topological polar surface area (TPSA) is 49.5 Å². The monoisotopic (exact) mass is 214 g/mol. The first kappa shape index (κ1) is 12.9. The van der Waals surface area contributed by atoms with Crippen molar-refractivity contribution in [3.63, 3.8) is 0 Å². The van der Waals surface area contributed by atoms with Crippen molar-refractivity contribution in [2.75, 3.05) is 26.2 Å². The highest BCUT2D eigenvalue weighted by atomic mass is 16.3. The lowest BCUT2D eigenvalue weighted by atomic mass is 9.84. The first-order chi connectivity index (χ1) is 7.27. The van der Waals surface area contributed by atoms with Crippen LogP contribution in [0.5, 0.6) is 0 Å². The molecular formula is C12H26N2O. The van der Waals surface area contributed by atoms with Gasteiger partial charge in [0.2, 0.25) is 0 Å². The number of aliphatic hydroxyl groups excluding tert-OH is 1. The average Bonchev–Trinajstić information content (AvgIpc) is 2.26. The zero-order chi connectivity index (χ0) is 11.1. The quantitative estimate of drug-likeness (QED) is 0.698. The molecule has 3 nitrogen and oxygen atoms in total. The van der Waals surface area contributed by atoms with Crippen LogP contribution in [0, 0.1) is 5.92 Å². The summed E-state index contributed by atoms with van der Waals surface area (Å²) in [5, 5.41) is 8.82. The summed E-state index contributed by atoms with van der Waals surface area (Å²) < 4.78 is 0. The molecule has 0 aromatic rings. The van der Waals surface area contributed by atoms with E-state index in [1.54, 1.807) is 0 Å². The Hall–Kier alpha value is -0.120. The van der Waals surface area contributed by atoms with Gasteiger partial charge in [0.1, 0.15) is 0 Å². The fourth-order valence-corrected chi connectivity index (χ4v) is 2.47. The van der Waals surface area contributed by atoms with Crippen molar-refractivity contribution in [1.29, 1.82) is 0 Å². The van der Waals surface area contributed by atoms with Crippen molar-refractivity contribution in [3.8, 4) is 0 Å². The Labute approximate surface area is 93.6 Å². The predicted octanol–water partition coefficient (Wildman–Crippen LogP) is 1.21. The average molecular weight is 214 g/mol. The Bertz CT molecular complexity index is 164. The van der Waals surface area contributed by atoms with Crippen LogP contribution in [0.25, 0.3) is 0 Å². The standard InChI is InChI=1S/C12H26N2O/c1-2-14(8-5-9-15)10-11-6-3-4-7-12(11)13/h11-12,15H,2-10,13H2,1H3.